The number of carbonyl (C=O) groups is 1. The fraction of sp³-hybridized carbons (Fsp3) is 0.562. The predicted molar refractivity (Wildman–Crippen MR) is 79.9 cm³/mol. The molecule has 1 unspecified atom stereocenters. The molecule has 3 nitrogen and oxygen atoms in total. The highest BCUT2D eigenvalue weighted by Gasteiger charge is 2.36. The van der Waals surface area contributed by atoms with Crippen LogP contribution in [0.25, 0.3) is 0 Å². The van der Waals surface area contributed by atoms with E-state index in [0.717, 1.165) is 13.1 Å². The molecule has 1 amide bonds. The summed E-state index contributed by atoms with van der Waals surface area (Å²) in [6, 6.07) is 10.5. The molecule has 1 aromatic carbocycles. The van der Waals surface area contributed by atoms with E-state index in [0.29, 0.717) is 11.8 Å². The van der Waals surface area contributed by atoms with E-state index in [1.54, 1.807) is 6.92 Å². The van der Waals surface area contributed by atoms with Crippen LogP contribution in [0.3, 0.4) is 0 Å². The van der Waals surface area contributed by atoms with E-state index < -0.39 is 0 Å². The molecule has 0 radical (unpaired) electrons. The lowest BCUT2D eigenvalue weighted by Gasteiger charge is -2.21. The van der Waals surface area contributed by atoms with Crippen LogP contribution < -0.4 is 5.73 Å². The van der Waals surface area contributed by atoms with Crippen LogP contribution in [0.5, 0.6) is 0 Å². The normalized spacial score (nSPS) is 23.5. The van der Waals surface area contributed by atoms with E-state index in [2.05, 4.69) is 12.1 Å². The van der Waals surface area contributed by atoms with Crippen LogP contribution in [0.4, 0.5) is 0 Å². The van der Waals surface area contributed by atoms with Gasteiger partial charge in [-0.05, 0) is 18.4 Å². The molecule has 0 spiro atoms. The zero-order valence-corrected chi connectivity index (χ0v) is 12.5. The van der Waals surface area contributed by atoms with Crippen molar-refractivity contribution in [2.24, 2.45) is 11.7 Å². The van der Waals surface area contributed by atoms with E-state index >= 15 is 0 Å². The Kier molecular flexibility index (Phi) is 6.03. The smallest absolute Gasteiger partial charge is 0.219 e. The van der Waals surface area contributed by atoms with Gasteiger partial charge in [0.2, 0.25) is 5.91 Å². The number of nitrogens with zero attached hydrogens (tertiary/aromatic N) is 1. The number of nitrogens with two attached hydrogens (primary N) is 1. The Labute approximate surface area is 116 Å². The Bertz CT molecular complexity index is 389. The van der Waals surface area contributed by atoms with Gasteiger partial charge in [-0.1, -0.05) is 44.2 Å². The Morgan fingerprint density at radius 1 is 1.26 bits per heavy atom. The molecule has 1 aliphatic heterocycles. The van der Waals surface area contributed by atoms with Crippen LogP contribution in [0.1, 0.15) is 39.2 Å². The zero-order valence-electron chi connectivity index (χ0n) is 12.5. The monoisotopic (exact) mass is 262 g/mol. The minimum absolute atomic E-state index is 0.115. The topological polar surface area (TPSA) is 46.3 Å². The molecule has 2 rings (SSSR count). The maximum Gasteiger partial charge on any atom is 0.219 e. The van der Waals surface area contributed by atoms with Crippen LogP contribution in [0, 0.1) is 5.92 Å². The number of amides is 1. The maximum atomic E-state index is 11.5. The van der Waals surface area contributed by atoms with Gasteiger partial charge in [0.25, 0.3) is 0 Å². The third kappa shape index (κ3) is 3.80. The number of rotatable bonds is 2. The van der Waals surface area contributed by atoms with E-state index in [4.69, 9.17) is 5.73 Å². The average Bonchev–Trinajstić information content (AvgIpc) is 2.87. The minimum Gasteiger partial charge on any atom is -0.342 e. The van der Waals surface area contributed by atoms with Gasteiger partial charge in [-0.15, -0.1) is 0 Å². The second kappa shape index (κ2) is 7.29. The van der Waals surface area contributed by atoms with E-state index in [1.165, 1.54) is 5.56 Å². The van der Waals surface area contributed by atoms with Gasteiger partial charge in [0.15, 0.2) is 0 Å². The summed E-state index contributed by atoms with van der Waals surface area (Å²) in [5.41, 5.74) is 7.34. The fourth-order valence-corrected chi connectivity index (χ4v) is 2.67. The Morgan fingerprint density at radius 3 is 2.32 bits per heavy atom. The molecule has 1 heterocycles. The summed E-state index contributed by atoms with van der Waals surface area (Å²) in [5, 5.41) is 0. The van der Waals surface area contributed by atoms with Crippen molar-refractivity contribution in [3.63, 3.8) is 0 Å². The maximum absolute atomic E-state index is 11.5. The Balaban J connectivity index is 0.000000861. The molecule has 0 aromatic heterocycles. The van der Waals surface area contributed by atoms with Crippen molar-refractivity contribution in [2.45, 2.75) is 39.7 Å². The van der Waals surface area contributed by atoms with Gasteiger partial charge in [-0.3, -0.25) is 4.79 Å². The largest absolute Gasteiger partial charge is 0.342 e. The van der Waals surface area contributed by atoms with E-state index in [-0.39, 0.29) is 11.9 Å². The molecule has 3 heteroatoms. The summed E-state index contributed by atoms with van der Waals surface area (Å²) in [6.45, 7) is 9.24. The quantitative estimate of drug-likeness (QED) is 0.890. The van der Waals surface area contributed by atoms with Gasteiger partial charge in [-0.25, -0.2) is 0 Å². The lowest BCUT2D eigenvalue weighted by atomic mass is 9.85. The van der Waals surface area contributed by atoms with Crippen LogP contribution in [0.15, 0.2) is 30.3 Å². The van der Waals surface area contributed by atoms with Crippen LogP contribution >= 0.6 is 0 Å². The summed E-state index contributed by atoms with van der Waals surface area (Å²) in [5.74, 6) is 0.885. The molecule has 1 saturated heterocycles. The molecule has 1 aliphatic rings. The first-order valence-corrected chi connectivity index (χ1v) is 7.15. The van der Waals surface area contributed by atoms with Crippen molar-refractivity contribution in [2.75, 3.05) is 13.1 Å². The van der Waals surface area contributed by atoms with Gasteiger partial charge in [0, 0.05) is 32.0 Å². The summed E-state index contributed by atoms with van der Waals surface area (Å²) in [4.78, 5) is 13.4. The number of hydrogen-bond donors (Lipinski definition) is 1. The molecule has 1 fully saturated rings. The van der Waals surface area contributed by atoms with E-state index in [9.17, 15) is 4.79 Å². The fourth-order valence-electron chi connectivity index (χ4n) is 2.67. The summed E-state index contributed by atoms with van der Waals surface area (Å²) in [7, 11) is 0. The Morgan fingerprint density at radius 2 is 1.84 bits per heavy atom. The second-order valence-electron chi connectivity index (χ2n) is 4.96. The zero-order chi connectivity index (χ0) is 14.4. The van der Waals surface area contributed by atoms with Crippen LogP contribution in [0.2, 0.25) is 0 Å². The summed E-state index contributed by atoms with van der Waals surface area (Å²) >= 11 is 0. The highest BCUT2D eigenvalue weighted by Crippen LogP contribution is 2.34. The summed E-state index contributed by atoms with van der Waals surface area (Å²) in [6.07, 6.45) is 0. The molecule has 0 aliphatic carbocycles. The van der Waals surface area contributed by atoms with Gasteiger partial charge < -0.3 is 10.6 Å². The molecule has 3 atom stereocenters. The van der Waals surface area contributed by atoms with Crippen molar-refractivity contribution < 1.29 is 4.79 Å². The first-order chi connectivity index (χ1) is 9.09. The molecule has 0 bridgehead atoms. The Hall–Kier alpha value is -1.35. The highest BCUT2D eigenvalue weighted by atomic mass is 16.2. The molecule has 1 aromatic rings. The number of benzene rings is 1. The third-order valence-electron chi connectivity index (χ3n) is 3.71. The van der Waals surface area contributed by atoms with Crippen molar-refractivity contribution in [3.05, 3.63) is 35.9 Å². The average molecular weight is 262 g/mol. The highest BCUT2D eigenvalue weighted by molar-refractivity contribution is 5.73. The first-order valence-electron chi connectivity index (χ1n) is 7.15. The minimum atomic E-state index is 0.115. The molecular weight excluding hydrogens is 236 g/mol. The predicted octanol–water partition coefficient (Wildman–Crippen LogP) is 2.62. The van der Waals surface area contributed by atoms with Crippen molar-refractivity contribution in [1.82, 2.24) is 4.90 Å². The molecule has 19 heavy (non-hydrogen) atoms. The standard InChI is InChI=1S/C14H20N2O.C2H6/c1-10(15)13-8-16(11(2)17)9-14(13)12-6-4-3-5-7-12;1-2/h3-7,10,13-14H,8-9,15H2,1-2H3;1-2H3/t10?,13-,14-;/m0./s1. The van der Waals surface area contributed by atoms with Crippen molar-refractivity contribution in [1.29, 1.82) is 0 Å². The lowest BCUT2D eigenvalue weighted by Crippen LogP contribution is -2.32. The second-order valence-corrected chi connectivity index (χ2v) is 4.96. The number of likely N-dealkylation sites (tertiary alicyclic amines) is 1. The van der Waals surface area contributed by atoms with Gasteiger partial charge in [0.05, 0.1) is 0 Å². The first kappa shape index (κ1) is 15.7. The van der Waals surface area contributed by atoms with Crippen LogP contribution in [-0.4, -0.2) is 29.9 Å². The van der Waals surface area contributed by atoms with Gasteiger partial charge in [-0.2, -0.15) is 0 Å². The molecular formula is C16H26N2O. The van der Waals surface area contributed by atoms with Crippen LogP contribution in [-0.2, 0) is 4.79 Å². The van der Waals surface area contributed by atoms with E-state index in [1.807, 2.05) is 43.9 Å². The van der Waals surface area contributed by atoms with Gasteiger partial charge in [0.1, 0.15) is 0 Å². The van der Waals surface area contributed by atoms with Crippen molar-refractivity contribution >= 4 is 5.91 Å². The van der Waals surface area contributed by atoms with Gasteiger partial charge >= 0.3 is 0 Å². The summed E-state index contributed by atoms with van der Waals surface area (Å²) < 4.78 is 0. The van der Waals surface area contributed by atoms with Crippen molar-refractivity contribution in [3.8, 4) is 0 Å². The molecule has 0 saturated carbocycles. The molecule has 106 valence electrons. The molecule has 2 N–H and O–H groups in total. The lowest BCUT2D eigenvalue weighted by molar-refractivity contribution is -0.127. The SMILES string of the molecule is CC.CC(=O)N1C[C@@H](c2ccccc2)[C@H](C(C)N)C1. The number of hydrogen-bond acceptors (Lipinski definition) is 2. The number of carbonyl (C=O) groups excluding carboxylic acids is 1. The third-order valence-corrected chi connectivity index (χ3v) is 3.71.